The number of benzene rings is 1. The van der Waals surface area contributed by atoms with Gasteiger partial charge in [-0.05, 0) is 26.0 Å². The zero-order valence-corrected chi connectivity index (χ0v) is 11.9. The van der Waals surface area contributed by atoms with Crippen molar-refractivity contribution < 1.29 is 18.4 Å². The lowest BCUT2D eigenvalue weighted by molar-refractivity contribution is 0.0970. The maximum absolute atomic E-state index is 12.0. The van der Waals surface area contributed by atoms with Crippen molar-refractivity contribution in [2.75, 3.05) is 13.2 Å². The zero-order chi connectivity index (χ0) is 14.1. The number of carbonyl (C=O) groups is 1. The first-order valence-electron chi connectivity index (χ1n) is 6.03. The Morgan fingerprint density at radius 3 is 2.32 bits per heavy atom. The third kappa shape index (κ3) is 5.39. The third-order valence-electron chi connectivity index (χ3n) is 2.13. The lowest BCUT2D eigenvalue weighted by Gasteiger charge is -2.12. The van der Waals surface area contributed by atoms with Gasteiger partial charge in [0.1, 0.15) is 0 Å². The molecule has 0 aliphatic carbocycles. The van der Waals surface area contributed by atoms with E-state index in [0.717, 1.165) is 0 Å². The Morgan fingerprint density at radius 1 is 1.21 bits per heavy atom. The minimum absolute atomic E-state index is 0.272. The van der Waals surface area contributed by atoms with Gasteiger partial charge in [0, 0.05) is 17.6 Å². The van der Waals surface area contributed by atoms with Crippen LogP contribution in [0.5, 0.6) is 0 Å². The van der Waals surface area contributed by atoms with E-state index in [1.165, 1.54) is 12.0 Å². The lowest BCUT2D eigenvalue weighted by Crippen LogP contribution is -2.16. The second-order valence-corrected chi connectivity index (χ2v) is 5.42. The predicted octanol–water partition coefficient (Wildman–Crippen LogP) is 3.15. The fourth-order valence-electron chi connectivity index (χ4n) is 1.36. The summed E-state index contributed by atoms with van der Waals surface area (Å²) in [5.74, 6) is 0.970. The number of rotatable bonds is 7. The van der Waals surface area contributed by atoms with Crippen molar-refractivity contribution >= 4 is 13.5 Å². The number of nitrogens with one attached hydrogen (secondary N) is 1. The molecule has 1 rings (SSSR count). The summed E-state index contributed by atoms with van der Waals surface area (Å²) in [5, 5.41) is 2.52. The fourth-order valence-corrected chi connectivity index (χ4v) is 2.58. The van der Waals surface area contributed by atoms with Crippen molar-refractivity contribution in [3.63, 3.8) is 0 Å². The minimum atomic E-state index is -3.26. The Bertz CT molecular complexity index is 463. The number of hydrogen-bond acceptors (Lipinski definition) is 4. The molecule has 0 aliphatic heterocycles. The smallest absolute Gasteiger partial charge is 0.328 e. The molecule has 0 fully saturated rings. The molecule has 19 heavy (non-hydrogen) atoms. The summed E-state index contributed by atoms with van der Waals surface area (Å²) < 4.78 is 22.2. The molecule has 0 heterocycles. The van der Waals surface area contributed by atoms with E-state index < -0.39 is 7.60 Å². The van der Waals surface area contributed by atoms with Gasteiger partial charge in [-0.1, -0.05) is 18.2 Å². The average molecular weight is 283 g/mol. The standard InChI is InChI=1S/C13H18NO4P/c1-3-17-19(16,18-4-2)11-10-14-13(15)12-8-6-5-7-9-12/h5-11H,3-4H2,1-2H3,(H,14,15)/b11-10-. The van der Waals surface area contributed by atoms with Gasteiger partial charge in [-0.25, -0.2) is 0 Å². The summed E-state index contributed by atoms with van der Waals surface area (Å²) in [6, 6.07) is 8.74. The quantitative estimate of drug-likeness (QED) is 0.781. The number of carbonyl (C=O) groups excluding carboxylic acids is 1. The average Bonchev–Trinajstić information content (AvgIpc) is 2.40. The van der Waals surface area contributed by atoms with Crippen molar-refractivity contribution in [3.8, 4) is 0 Å². The lowest BCUT2D eigenvalue weighted by atomic mass is 10.2. The molecule has 0 radical (unpaired) electrons. The maximum atomic E-state index is 12.0. The summed E-state index contributed by atoms with van der Waals surface area (Å²) in [6.45, 7) is 3.99. The SMILES string of the molecule is CCOP(=O)(/C=C\NC(=O)c1ccccc1)OCC. The molecule has 1 aromatic rings. The highest BCUT2D eigenvalue weighted by atomic mass is 31.2. The number of hydrogen-bond donors (Lipinski definition) is 1. The van der Waals surface area contributed by atoms with Gasteiger partial charge in [-0.15, -0.1) is 0 Å². The highest BCUT2D eigenvalue weighted by molar-refractivity contribution is 7.57. The van der Waals surface area contributed by atoms with Gasteiger partial charge >= 0.3 is 7.60 Å². The summed E-state index contributed by atoms with van der Waals surface area (Å²) >= 11 is 0. The van der Waals surface area contributed by atoms with E-state index in [4.69, 9.17) is 9.05 Å². The van der Waals surface area contributed by atoms with Crippen LogP contribution in [0.2, 0.25) is 0 Å². The molecule has 0 aromatic heterocycles. The third-order valence-corrected chi connectivity index (χ3v) is 3.88. The van der Waals surface area contributed by atoms with Crippen LogP contribution in [-0.2, 0) is 13.6 Å². The Hall–Kier alpha value is -1.42. The van der Waals surface area contributed by atoms with Crippen LogP contribution in [0, 0.1) is 0 Å². The van der Waals surface area contributed by atoms with Crippen LogP contribution in [0.4, 0.5) is 0 Å². The van der Waals surface area contributed by atoms with Crippen molar-refractivity contribution in [2.24, 2.45) is 0 Å². The molecule has 6 heteroatoms. The first-order valence-corrected chi connectivity index (χ1v) is 7.65. The summed E-state index contributed by atoms with van der Waals surface area (Å²) in [5.41, 5.74) is 0.523. The Labute approximate surface area is 113 Å². The van der Waals surface area contributed by atoms with Crippen LogP contribution in [-0.4, -0.2) is 19.1 Å². The monoisotopic (exact) mass is 283 g/mol. The molecular formula is C13H18NO4P. The van der Waals surface area contributed by atoms with Gasteiger partial charge in [0.15, 0.2) is 0 Å². The van der Waals surface area contributed by atoms with Gasteiger partial charge in [-0.2, -0.15) is 0 Å². The van der Waals surface area contributed by atoms with Crippen molar-refractivity contribution in [3.05, 3.63) is 47.9 Å². The van der Waals surface area contributed by atoms with Gasteiger partial charge in [-0.3, -0.25) is 9.36 Å². The molecule has 104 valence electrons. The summed E-state index contributed by atoms with van der Waals surface area (Å²) in [7, 11) is -3.26. The zero-order valence-electron chi connectivity index (χ0n) is 11.0. The van der Waals surface area contributed by atoms with E-state index >= 15 is 0 Å². The molecule has 1 aromatic carbocycles. The van der Waals surface area contributed by atoms with Crippen molar-refractivity contribution in [2.45, 2.75) is 13.8 Å². The normalized spacial score (nSPS) is 11.7. The van der Waals surface area contributed by atoms with Crippen LogP contribution < -0.4 is 5.32 Å². The van der Waals surface area contributed by atoms with Gasteiger partial charge < -0.3 is 14.4 Å². The van der Waals surface area contributed by atoms with Crippen LogP contribution in [0.1, 0.15) is 24.2 Å². The van der Waals surface area contributed by atoms with E-state index in [1.54, 1.807) is 38.1 Å². The van der Waals surface area contributed by atoms with E-state index in [2.05, 4.69) is 5.32 Å². The first kappa shape index (κ1) is 15.6. The van der Waals surface area contributed by atoms with Gasteiger partial charge in [0.05, 0.1) is 13.2 Å². The highest BCUT2D eigenvalue weighted by Gasteiger charge is 2.18. The Kier molecular flexibility index (Phi) is 6.50. The molecule has 1 amide bonds. The van der Waals surface area contributed by atoms with Crippen LogP contribution >= 0.6 is 7.60 Å². The molecule has 0 atom stereocenters. The Morgan fingerprint density at radius 2 is 1.79 bits per heavy atom. The van der Waals surface area contributed by atoms with E-state index in [1.807, 2.05) is 6.07 Å². The Balaban J connectivity index is 2.61. The van der Waals surface area contributed by atoms with Crippen molar-refractivity contribution in [1.82, 2.24) is 5.32 Å². The summed E-state index contributed by atoms with van der Waals surface area (Å²) in [6.07, 6.45) is 1.29. The number of amides is 1. The van der Waals surface area contributed by atoms with Gasteiger partial charge in [0.25, 0.3) is 5.91 Å². The molecule has 0 bridgehead atoms. The van der Waals surface area contributed by atoms with Crippen molar-refractivity contribution in [1.29, 1.82) is 0 Å². The molecule has 0 unspecified atom stereocenters. The predicted molar refractivity (Wildman–Crippen MR) is 73.9 cm³/mol. The van der Waals surface area contributed by atoms with E-state index in [9.17, 15) is 9.36 Å². The topological polar surface area (TPSA) is 64.6 Å². The molecule has 5 nitrogen and oxygen atoms in total. The first-order chi connectivity index (χ1) is 9.11. The largest absolute Gasteiger partial charge is 0.355 e. The molecule has 0 saturated carbocycles. The van der Waals surface area contributed by atoms with E-state index in [0.29, 0.717) is 5.56 Å². The van der Waals surface area contributed by atoms with E-state index in [-0.39, 0.29) is 19.1 Å². The van der Waals surface area contributed by atoms with Crippen LogP contribution in [0.25, 0.3) is 0 Å². The fraction of sp³-hybridized carbons (Fsp3) is 0.308. The molecular weight excluding hydrogens is 265 g/mol. The molecule has 1 N–H and O–H groups in total. The summed E-state index contributed by atoms with van der Waals surface area (Å²) in [4.78, 5) is 11.7. The maximum Gasteiger partial charge on any atom is 0.355 e. The highest BCUT2D eigenvalue weighted by Crippen LogP contribution is 2.49. The minimum Gasteiger partial charge on any atom is -0.328 e. The molecule has 0 aliphatic rings. The molecule has 0 saturated heterocycles. The van der Waals surface area contributed by atoms with Gasteiger partial charge in [0.2, 0.25) is 0 Å². The second kappa shape index (κ2) is 7.89. The second-order valence-electron chi connectivity index (χ2n) is 3.53. The molecule has 0 spiro atoms. The van der Waals surface area contributed by atoms with Crippen LogP contribution in [0.3, 0.4) is 0 Å². The van der Waals surface area contributed by atoms with Crippen LogP contribution in [0.15, 0.2) is 42.3 Å².